The van der Waals surface area contributed by atoms with Crippen LogP contribution in [0.4, 0.5) is 4.39 Å². The number of aryl methyl sites for hydroxylation is 2. The van der Waals surface area contributed by atoms with Crippen molar-refractivity contribution in [1.82, 2.24) is 0 Å². The summed E-state index contributed by atoms with van der Waals surface area (Å²) in [7, 11) is 0. The van der Waals surface area contributed by atoms with Gasteiger partial charge >= 0.3 is 0 Å². The second-order valence-corrected chi connectivity index (χ2v) is 5.23. The van der Waals surface area contributed by atoms with E-state index in [9.17, 15) is 9.18 Å². The number of hydrogen-bond donors (Lipinski definition) is 0. The summed E-state index contributed by atoms with van der Waals surface area (Å²) in [4.78, 5) is 12.6. The normalized spacial score (nSPS) is 10.4. The van der Waals surface area contributed by atoms with E-state index in [4.69, 9.17) is 0 Å². The molecule has 92 valence electrons. The molecule has 0 radical (unpaired) electrons. The summed E-state index contributed by atoms with van der Waals surface area (Å²) in [6, 6.07) is 10.7. The second-order valence-electron chi connectivity index (χ2n) is 4.12. The summed E-state index contributed by atoms with van der Waals surface area (Å²) in [5.74, 6) is -0.473. The van der Waals surface area contributed by atoms with E-state index in [1.807, 2.05) is 32.0 Å². The minimum Gasteiger partial charge on any atom is -0.298 e. The van der Waals surface area contributed by atoms with E-state index in [-0.39, 0.29) is 5.56 Å². The fraction of sp³-hybridized carbons (Fsp3) is 0.133. The van der Waals surface area contributed by atoms with E-state index < -0.39 is 5.82 Å². The molecule has 2 aromatic carbocycles. The molecule has 0 bridgehead atoms. The molecule has 0 saturated heterocycles. The van der Waals surface area contributed by atoms with E-state index in [1.165, 1.54) is 29.0 Å². The highest BCUT2D eigenvalue weighted by atomic mass is 32.2. The van der Waals surface area contributed by atoms with Crippen LogP contribution in [-0.4, -0.2) is 6.29 Å². The molecule has 0 aliphatic rings. The molecule has 0 aromatic heterocycles. The zero-order valence-electron chi connectivity index (χ0n) is 10.2. The molecule has 2 rings (SSSR count). The van der Waals surface area contributed by atoms with Gasteiger partial charge < -0.3 is 0 Å². The Morgan fingerprint density at radius 2 is 1.89 bits per heavy atom. The Kier molecular flexibility index (Phi) is 3.82. The van der Waals surface area contributed by atoms with Crippen LogP contribution in [0.15, 0.2) is 46.2 Å². The lowest BCUT2D eigenvalue weighted by Gasteiger charge is -2.07. The zero-order valence-corrected chi connectivity index (χ0v) is 11.1. The van der Waals surface area contributed by atoms with E-state index >= 15 is 0 Å². The fourth-order valence-electron chi connectivity index (χ4n) is 1.62. The lowest BCUT2D eigenvalue weighted by molar-refractivity contribution is 0.111. The Morgan fingerprint density at radius 1 is 1.11 bits per heavy atom. The van der Waals surface area contributed by atoms with Crippen LogP contribution >= 0.6 is 11.8 Å². The summed E-state index contributed by atoms with van der Waals surface area (Å²) >= 11 is 1.40. The van der Waals surface area contributed by atoms with Gasteiger partial charge in [0.25, 0.3) is 0 Å². The molecular formula is C15H13FOS. The van der Waals surface area contributed by atoms with Gasteiger partial charge in [0.05, 0.1) is 5.56 Å². The summed E-state index contributed by atoms with van der Waals surface area (Å²) in [5, 5.41) is 0. The first kappa shape index (κ1) is 12.8. The van der Waals surface area contributed by atoms with Gasteiger partial charge in [-0.25, -0.2) is 4.39 Å². The predicted octanol–water partition coefficient (Wildman–Crippen LogP) is 4.41. The van der Waals surface area contributed by atoms with Crippen LogP contribution in [0.2, 0.25) is 0 Å². The average molecular weight is 260 g/mol. The molecule has 0 aliphatic heterocycles. The van der Waals surface area contributed by atoms with Crippen LogP contribution in [-0.2, 0) is 0 Å². The van der Waals surface area contributed by atoms with Crippen LogP contribution in [0, 0.1) is 19.7 Å². The lowest BCUT2D eigenvalue weighted by Crippen LogP contribution is -1.91. The minimum absolute atomic E-state index is 0.126. The van der Waals surface area contributed by atoms with Crippen molar-refractivity contribution in [3.05, 3.63) is 58.9 Å². The molecule has 0 spiro atoms. The predicted molar refractivity (Wildman–Crippen MR) is 71.8 cm³/mol. The lowest BCUT2D eigenvalue weighted by atomic mass is 10.1. The van der Waals surface area contributed by atoms with Gasteiger partial charge in [-0.1, -0.05) is 23.9 Å². The Morgan fingerprint density at radius 3 is 2.56 bits per heavy atom. The van der Waals surface area contributed by atoms with Crippen molar-refractivity contribution in [3.63, 3.8) is 0 Å². The van der Waals surface area contributed by atoms with E-state index in [0.717, 1.165) is 4.90 Å². The van der Waals surface area contributed by atoms with Gasteiger partial charge in [-0.2, -0.15) is 0 Å². The van der Waals surface area contributed by atoms with Gasteiger partial charge in [-0.3, -0.25) is 4.79 Å². The Labute approximate surface area is 110 Å². The highest BCUT2D eigenvalue weighted by molar-refractivity contribution is 7.99. The molecule has 0 amide bonds. The Balaban J connectivity index is 2.36. The van der Waals surface area contributed by atoms with Crippen LogP contribution in [0.3, 0.4) is 0 Å². The largest absolute Gasteiger partial charge is 0.298 e. The quantitative estimate of drug-likeness (QED) is 0.760. The zero-order chi connectivity index (χ0) is 13.1. The van der Waals surface area contributed by atoms with Crippen molar-refractivity contribution in [2.24, 2.45) is 0 Å². The van der Waals surface area contributed by atoms with Gasteiger partial charge in [0.15, 0.2) is 6.29 Å². The first-order valence-corrected chi connectivity index (χ1v) is 6.42. The maximum atomic E-state index is 13.5. The molecule has 0 atom stereocenters. The smallest absolute Gasteiger partial charge is 0.154 e. The molecule has 0 aliphatic carbocycles. The van der Waals surface area contributed by atoms with Crippen molar-refractivity contribution < 1.29 is 9.18 Å². The van der Waals surface area contributed by atoms with Gasteiger partial charge in [0.1, 0.15) is 5.82 Å². The number of benzene rings is 2. The Hall–Kier alpha value is -1.61. The SMILES string of the molecule is Cc1ccc(Sc2cccc(F)c2C=O)cc1C. The topological polar surface area (TPSA) is 17.1 Å². The van der Waals surface area contributed by atoms with Crippen molar-refractivity contribution in [3.8, 4) is 0 Å². The third-order valence-corrected chi connectivity index (χ3v) is 3.90. The maximum Gasteiger partial charge on any atom is 0.154 e. The standard InChI is InChI=1S/C15H13FOS/c1-10-6-7-12(8-11(10)2)18-15-5-3-4-14(16)13(15)9-17/h3-9H,1-2H3. The van der Waals surface area contributed by atoms with Gasteiger partial charge in [-0.05, 0) is 49.2 Å². The van der Waals surface area contributed by atoms with Crippen LogP contribution in [0.25, 0.3) is 0 Å². The number of rotatable bonds is 3. The van der Waals surface area contributed by atoms with Crippen molar-refractivity contribution in [1.29, 1.82) is 0 Å². The molecule has 0 saturated carbocycles. The number of hydrogen-bond acceptors (Lipinski definition) is 2. The monoisotopic (exact) mass is 260 g/mol. The van der Waals surface area contributed by atoms with E-state index in [1.54, 1.807) is 12.1 Å². The van der Waals surface area contributed by atoms with Crippen LogP contribution in [0.5, 0.6) is 0 Å². The molecule has 2 aromatic rings. The first-order chi connectivity index (χ1) is 8.61. The highest BCUT2D eigenvalue weighted by Gasteiger charge is 2.09. The van der Waals surface area contributed by atoms with Gasteiger partial charge in [0, 0.05) is 9.79 Å². The van der Waals surface area contributed by atoms with Gasteiger partial charge in [0.2, 0.25) is 0 Å². The molecule has 0 N–H and O–H groups in total. The van der Waals surface area contributed by atoms with Crippen molar-refractivity contribution in [2.75, 3.05) is 0 Å². The highest BCUT2D eigenvalue weighted by Crippen LogP contribution is 2.31. The number of aldehydes is 1. The van der Waals surface area contributed by atoms with Gasteiger partial charge in [-0.15, -0.1) is 0 Å². The second kappa shape index (κ2) is 5.36. The molecule has 0 fully saturated rings. The molecule has 1 nitrogen and oxygen atoms in total. The van der Waals surface area contributed by atoms with Crippen molar-refractivity contribution >= 4 is 18.0 Å². The molecule has 18 heavy (non-hydrogen) atoms. The van der Waals surface area contributed by atoms with E-state index in [2.05, 4.69) is 0 Å². The average Bonchev–Trinajstić information content (AvgIpc) is 2.34. The minimum atomic E-state index is -0.473. The summed E-state index contributed by atoms with van der Waals surface area (Å²) < 4.78 is 13.5. The van der Waals surface area contributed by atoms with Crippen molar-refractivity contribution in [2.45, 2.75) is 23.6 Å². The first-order valence-electron chi connectivity index (χ1n) is 5.60. The number of halogens is 1. The van der Waals surface area contributed by atoms with Crippen LogP contribution < -0.4 is 0 Å². The summed E-state index contributed by atoms with van der Waals surface area (Å²) in [6.07, 6.45) is 0.568. The summed E-state index contributed by atoms with van der Waals surface area (Å²) in [6.45, 7) is 4.08. The third-order valence-electron chi connectivity index (χ3n) is 2.84. The number of carbonyl (C=O) groups excluding carboxylic acids is 1. The molecular weight excluding hydrogens is 247 g/mol. The van der Waals surface area contributed by atoms with Crippen LogP contribution in [0.1, 0.15) is 21.5 Å². The molecule has 3 heteroatoms. The molecule has 0 heterocycles. The summed E-state index contributed by atoms with van der Waals surface area (Å²) in [5.41, 5.74) is 2.53. The molecule has 0 unspecified atom stereocenters. The number of carbonyl (C=O) groups is 1. The Bertz CT molecular complexity index is 593. The maximum absolute atomic E-state index is 13.5. The fourth-order valence-corrected chi connectivity index (χ4v) is 2.65. The third kappa shape index (κ3) is 2.62. The van der Waals surface area contributed by atoms with E-state index in [0.29, 0.717) is 11.2 Å².